The molecule has 2 amide bonds. The first-order chi connectivity index (χ1) is 16.6. The zero-order valence-corrected chi connectivity index (χ0v) is 20.3. The van der Waals surface area contributed by atoms with Gasteiger partial charge in [0.1, 0.15) is 11.6 Å². The van der Waals surface area contributed by atoms with Crippen LogP contribution in [0, 0.1) is 11.2 Å². The van der Waals surface area contributed by atoms with Crippen LogP contribution in [0.3, 0.4) is 0 Å². The van der Waals surface area contributed by atoms with Crippen molar-refractivity contribution in [3.05, 3.63) is 63.9 Å². The first kappa shape index (κ1) is 25.4. The number of amides is 2. The van der Waals surface area contributed by atoms with Gasteiger partial charge in [0.2, 0.25) is 5.91 Å². The van der Waals surface area contributed by atoms with E-state index in [1.54, 1.807) is 24.3 Å². The van der Waals surface area contributed by atoms with Gasteiger partial charge in [-0.3, -0.25) is 14.4 Å². The summed E-state index contributed by atoms with van der Waals surface area (Å²) < 4.78 is 18.9. The molecule has 2 aromatic rings. The number of nitrogens with one attached hydrogen (secondary N) is 2. The van der Waals surface area contributed by atoms with E-state index in [9.17, 15) is 23.9 Å². The topological polar surface area (TPSA) is 105 Å². The second kappa shape index (κ2) is 10.1. The number of aliphatic hydroxyl groups excluding tert-OH is 1. The Hall–Kier alpha value is -2.68. The van der Waals surface area contributed by atoms with E-state index in [4.69, 9.17) is 27.9 Å². The molecule has 3 aliphatic rings. The van der Waals surface area contributed by atoms with E-state index in [0.717, 1.165) is 6.07 Å². The van der Waals surface area contributed by atoms with Crippen molar-refractivity contribution in [1.82, 2.24) is 10.6 Å². The summed E-state index contributed by atoms with van der Waals surface area (Å²) in [6, 6.07) is 10.3. The lowest BCUT2D eigenvalue weighted by molar-refractivity contribution is -0.156. The number of benzene rings is 2. The third-order valence-electron chi connectivity index (χ3n) is 7.01. The molecular formula is C25H25Cl2FN2O5. The first-order valence-corrected chi connectivity index (χ1v) is 12.0. The molecule has 10 heteroatoms. The summed E-state index contributed by atoms with van der Waals surface area (Å²) in [5.74, 6) is -1.49. The van der Waals surface area contributed by atoms with Crippen molar-refractivity contribution in [2.24, 2.45) is 5.41 Å². The Morgan fingerprint density at radius 3 is 2.37 bits per heavy atom. The molecule has 3 N–H and O–H groups in total. The lowest BCUT2D eigenvalue weighted by atomic mass is 9.55. The molecule has 35 heavy (non-hydrogen) atoms. The lowest BCUT2D eigenvalue weighted by Gasteiger charge is -2.55. The van der Waals surface area contributed by atoms with Gasteiger partial charge in [0.15, 0.2) is 12.4 Å². The number of halogens is 3. The van der Waals surface area contributed by atoms with Gasteiger partial charge in [-0.25, -0.2) is 4.39 Å². The van der Waals surface area contributed by atoms with Crippen LogP contribution in [0.1, 0.15) is 42.5 Å². The Balaban J connectivity index is 1.30. The number of carbonyl (C=O) groups excluding carboxylic acids is 3. The van der Waals surface area contributed by atoms with Gasteiger partial charge in [0, 0.05) is 22.2 Å². The average molecular weight is 523 g/mol. The van der Waals surface area contributed by atoms with Gasteiger partial charge in [0.05, 0.1) is 23.1 Å². The normalized spacial score (nSPS) is 25.1. The fourth-order valence-corrected chi connectivity index (χ4v) is 5.20. The maximum atomic E-state index is 13.5. The Morgan fingerprint density at radius 1 is 1.06 bits per heavy atom. The number of hydrogen-bond acceptors (Lipinski definition) is 5. The van der Waals surface area contributed by atoms with Crippen LogP contribution in [0.2, 0.25) is 10.0 Å². The number of ketones is 1. The van der Waals surface area contributed by atoms with Crippen molar-refractivity contribution < 1.29 is 28.6 Å². The molecule has 2 bridgehead atoms. The van der Waals surface area contributed by atoms with E-state index < -0.39 is 28.8 Å². The molecule has 0 spiro atoms. The van der Waals surface area contributed by atoms with Gasteiger partial charge in [-0.05, 0) is 68.5 Å². The molecule has 3 fully saturated rings. The molecule has 186 valence electrons. The SMILES string of the molecule is O=C(COc1ccc(Cl)c(F)c1)NC12CCC(C(=O)NCC(=O)c3ccc(Cl)cc3)(CC1)[C@@H](O)C2. The summed E-state index contributed by atoms with van der Waals surface area (Å²) in [7, 11) is 0. The van der Waals surface area contributed by atoms with E-state index in [1.165, 1.54) is 12.1 Å². The van der Waals surface area contributed by atoms with E-state index in [1.807, 2.05) is 0 Å². The van der Waals surface area contributed by atoms with Crippen LogP contribution in [-0.4, -0.2) is 47.5 Å². The molecule has 5 rings (SSSR count). The van der Waals surface area contributed by atoms with Crippen LogP contribution in [0.5, 0.6) is 5.75 Å². The van der Waals surface area contributed by atoms with Crippen molar-refractivity contribution in [2.75, 3.05) is 13.2 Å². The van der Waals surface area contributed by atoms with Crippen LogP contribution in [-0.2, 0) is 9.59 Å². The third-order valence-corrected chi connectivity index (χ3v) is 7.57. The van der Waals surface area contributed by atoms with Gasteiger partial charge >= 0.3 is 0 Å². The summed E-state index contributed by atoms with van der Waals surface area (Å²) in [4.78, 5) is 37.9. The van der Waals surface area contributed by atoms with E-state index >= 15 is 0 Å². The maximum absolute atomic E-state index is 13.5. The number of ether oxygens (including phenoxy) is 1. The molecule has 0 radical (unpaired) electrons. The first-order valence-electron chi connectivity index (χ1n) is 11.3. The Morgan fingerprint density at radius 2 is 1.74 bits per heavy atom. The number of Topliss-reactive ketones (excluding diaryl/α,β-unsaturated/α-hetero) is 1. The van der Waals surface area contributed by atoms with Crippen molar-refractivity contribution in [3.8, 4) is 5.75 Å². The number of fused-ring (bicyclic) bond motifs is 3. The summed E-state index contributed by atoms with van der Waals surface area (Å²) in [5.41, 5.74) is -1.21. The van der Waals surface area contributed by atoms with Gasteiger partial charge in [0.25, 0.3) is 5.91 Å². The van der Waals surface area contributed by atoms with Crippen molar-refractivity contribution in [3.63, 3.8) is 0 Å². The summed E-state index contributed by atoms with van der Waals surface area (Å²) in [6.45, 7) is -0.503. The minimum atomic E-state index is -0.996. The third kappa shape index (κ3) is 5.44. The zero-order valence-electron chi connectivity index (χ0n) is 18.8. The molecule has 0 aliphatic heterocycles. The largest absolute Gasteiger partial charge is 0.484 e. The molecule has 3 saturated carbocycles. The van der Waals surface area contributed by atoms with Crippen LogP contribution >= 0.6 is 23.2 Å². The van der Waals surface area contributed by atoms with Gasteiger partial charge < -0.3 is 20.5 Å². The average Bonchev–Trinajstić information content (AvgIpc) is 2.84. The van der Waals surface area contributed by atoms with Gasteiger partial charge in [-0.2, -0.15) is 0 Å². The Bertz CT molecular complexity index is 1130. The molecule has 2 aromatic carbocycles. The Kier molecular flexibility index (Phi) is 7.35. The minimum absolute atomic E-state index is 0.0408. The lowest BCUT2D eigenvalue weighted by Crippen LogP contribution is -2.66. The summed E-state index contributed by atoms with van der Waals surface area (Å²) >= 11 is 11.5. The number of hydrogen-bond donors (Lipinski definition) is 3. The van der Waals surface area contributed by atoms with Crippen LogP contribution < -0.4 is 15.4 Å². The van der Waals surface area contributed by atoms with Crippen molar-refractivity contribution in [1.29, 1.82) is 0 Å². The molecular weight excluding hydrogens is 498 g/mol. The highest BCUT2D eigenvalue weighted by Gasteiger charge is 2.58. The number of rotatable bonds is 8. The monoisotopic (exact) mass is 522 g/mol. The van der Waals surface area contributed by atoms with Crippen LogP contribution in [0.25, 0.3) is 0 Å². The summed E-state index contributed by atoms with van der Waals surface area (Å²) in [5, 5.41) is 17.0. The molecule has 0 saturated heterocycles. The second-order valence-electron chi connectivity index (χ2n) is 9.18. The highest BCUT2D eigenvalue weighted by atomic mass is 35.5. The number of carbonyl (C=O) groups is 3. The number of aliphatic hydroxyl groups is 1. The van der Waals surface area contributed by atoms with E-state index in [0.29, 0.717) is 36.3 Å². The van der Waals surface area contributed by atoms with Crippen molar-refractivity contribution >= 4 is 40.8 Å². The second-order valence-corrected chi connectivity index (χ2v) is 10.0. The molecule has 3 aliphatic carbocycles. The van der Waals surface area contributed by atoms with E-state index in [-0.39, 0.29) is 42.0 Å². The Labute approximate surface area is 211 Å². The molecule has 0 heterocycles. The standard InChI is InChI=1S/C25H25Cl2FN2O5/c26-16-3-1-15(2-4-16)20(31)13-29-23(34)25-9-7-24(8-10-25,12-21(25)32)30-22(33)14-35-17-5-6-18(27)19(28)11-17/h1-6,11,21,32H,7-10,12-14H2,(H,29,34)(H,30,33)/t21-,24?,25?/m0/s1. The predicted octanol–water partition coefficient (Wildman–Crippen LogP) is 3.69. The van der Waals surface area contributed by atoms with Gasteiger partial charge in [-0.1, -0.05) is 23.2 Å². The smallest absolute Gasteiger partial charge is 0.258 e. The highest BCUT2D eigenvalue weighted by Crippen LogP contribution is 2.52. The fourth-order valence-electron chi connectivity index (χ4n) is 4.95. The zero-order chi connectivity index (χ0) is 25.2. The molecule has 0 aromatic heterocycles. The highest BCUT2D eigenvalue weighted by molar-refractivity contribution is 6.31. The summed E-state index contributed by atoms with van der Waals surface area (Å²) in [6.07, 6.45) is 1.00. The fraction of sp³-hybridized carbons (Fsp3) is 0.400. The van der Waals surface area contributed by atoms with Gasteiger partial charge in [-0.15, -0.1) is 0 Å². The molecule has 7 nitrogen and oxygen atoms in total. The van der Waals surface area contributed by atoms with Crippen LogP contribution in [0.15, 0.2) is 42.5 Å². The van der Waals surface area contributed by atoms with E-state index in [2.05, 4.69) is 10.6 Å². The van der Waals surface area contributed by atoms with Crippen molar-refractivity contribution in [2.45, 2.75) is 43.7 Å². The van der Waals surface area contributed by atoms with Crippen LogP contribution in [0.4, 0.5) is 4.39 Å². The maximum Gasteiger partial charge on any atom is 0.258 e. The minimum Gasteiger partial charge on any atom is -0.484 e. The molecule has 1 atom stereocenters. The predicted molar refractivity (Wildman–Crippen MR) is 128 cm³/mol. The quantitative estimate of drug-likeness (QED) is 0.458. The molecule has 0 unspecified atom stereocenters.